The van der Waals surface area contributed by atoms with Gasteiger partial charge >= 0.3 is 6.09 Å². The van der Waals surface area contributed by atoms with E-state index in [4.69, 9.17) is 4.74 Å². The predicted molar refractivity (Wildman–Crippen MR) is 99.9 cm³/mol. The summed E-state index contributed by atoms with van der Waals surface area (Å²) in [7, 11) is -3.44. The molecule has 0 spiro atoms. The van der Waals surface area contributed by atoms with Gasteiger partial charge in [-0.25, -0.2) is 18.1 Å². The molecule has 1 unspecified atom stereocenters. The summed E-state index contributed by atoms with van der Waals surface area (Å²) in [6.45, 7) is 0.155. The SMILES string of the molecule is O=C(CCCS(=O)(=O)c1ccccc1)N1C(=O)OCC1Cc1ccccc1. The van der Waals surface area contributed by atoms with Crippen molar-refractivity contribution in [2.24, 2.45) is 0 Å². The van der Waals surface area contributed by atoms with E-state index in [1.807, 2.05) is 30.3 Å². The predicted octanol–water partition coefficient (Wildman–Crippen LogP) is 2.83. The molecule has 1 fully saturated rings. The van der Waals surface area contributed by atoms with E-state index in [1.54, 1.807) is 18.2 Å². The van der Waals surface area contributed by atoms with E-state index in [1.165, 1.54) is 12.1 Å². The number of carbonyl (C=O) groups is 2. The first-order valence-corrected chi connectivity index (χ1v) is 10.4. The van der Waals surface area contributed by atoms with Crippen LogP contribution < -0.4 is 0 Å². The first-order valence-electron chi connectivity index (χ1n) is 8.78. The van der Waals surface area contributed by atoms with Crippen molar-refractivity contribution in [1.29, 1.82) is 0 Å². The minimum absolute atomic E-state index is 0.0214. The summed E-state index contributed by atoms with van der Waals surface area (Å²) in [5, 5.41) is 0. The summed E-state index contributed by atoms with van der Waals surface area (Å²) < 4.78 is 29.6. The van der Waals surface area contributed by atoms with Crippen LogP contribution in [0.15, 0.2) is 65.6 Å². The Bertz CT molecular complexity index is 896. The number of hydrogen-bond acceptors (Lipinski definition) is 5. The molecule has 2 amide bonds. The highest BCUT2D eigenvalue weighted by Crippen LogP contribution is 2.19. The number of rotatable bonds is 7. The van der Waals surface area contributed by atoms with Crippen LogP contribution >= 0.6 is 0 Å². The third-order valence-corrected chi connectivity index (χ3v) is 6.27. The van der Waals surface area contributed by atoms with Gasteiger partial charge in [-0.05, 0) is 30.5 Å². The van der Waals surface area contributed by atoms with Crippen molar-refractivity contribution in [3.8, 4) is 0 Å². The van der Waals surface area contributed by atoms with Crippen molar-refractivity contribution in [3.05, 3.63) is 66.2 Å². The van der Waals surface area contributed by atoms with Crippen molar-refractivity contribution in [2.75, 3.05) is 12.4 Å². The maximum Gasteiger partial charge on any atom is 0.416 e. The fourth-order valence-corrected chi connectivity index (χ4v) is 4.41. The van der Waals surface area contributed by atoms with Crippen LogP contribution in [0, 0.1) is 0 Å². The van der Waals surface area contributed by atoms with Crippen molar-refractivity contribution in [3.63, 3.8) is 0 Å². The van der Waals surface area contributed by atoms with E-state index in [9.17, 15) is 18.0 Å². The standard InChI is InChI=1S/C20H21NO5S/c22-19(12-7-13-27(24,25)18-10-5-2-6-11-18)21-17(15-26-20(21)23)14-16-8-3-1-4-9-16/h1-6,8-11,17H,7,12-15H2. The molecule has 0 saturated carbocycles. The minimum atomic E-state index is -3.44. The highest BCUT2D eigenvalue weighted by Gasteiger charge is 2.37. The monoisotopic (exact) mass is 387 g/mol. The Labute approximate surface area is 158 Å². The van der Waals surface area contributed by atoms with Gasteiger partial charge in [-0.2, -0.15) is 0 Å². The van der Waals surface area contributed by atoms with Gasteiger partial charge in [-0.15, -0.1) is 0 Å². The van der Waals surface area contributed by atoms with Gasteiger partial charge < -0.3 is 4.74 Å². The van der Waals surface area contributed by atoms with Crippen LogP contribution in [-0.4, -0.2) is 43.7 Å². The lowest BCUT2D eigenvalue weighted by Crippen LogP contribution is -2.40. The zero-order valence-electron chi connectivity index (χ0n) is 14.8. The molecule has 1 aliphatic heterocycles. The molecule has 6 nitrogen and oxygen atoms in total. The number of ether oxygens (including phenoxy) is 1. The molecule has 0 radical (unpaired) electrons. The van der Waals surface area contributed by atoms with E-state index in [2.05, 4.69) is 0 Å². The van der Waals surface area contributed by atoms with Crippen LogP contribution in [0.3, 0.4) is 0 Å². The van der Waals surface area contributed by atoms with Gasteiger partial charge in [0.2, 0.25) is 5.91 Å². The van der Waals surface area contributed by atoms with Crippen LogP contribution in [0.4, 0.5) is 4.79 Å². The summed E-state index contributed by atoms with van der Waals surface area (Å²) in [6.07, 6.45) is -0.0165. The largest absolute Gasteiger partial charge is 0.447 e. The number of benzene rings is 2. The molecule has 1 atom stereocenters. The third-order valence-electron chi connectivity index (χ3n) is 4.45. The Morgan fingerprint density at radius 3 is 2.33 bits per heavy atom. The minimum Gasteiger partial charge on any atom is -0.447 e. The number of nitrogens with zero attached hydrogens (tertiary/aromatic N) is 1. The van der Waals surface area contributed by atoms with E-state index < -0.39 is 21.8 Å². The van der Waals surface area contributed by atoms with E-state index >= 15 is 0 Å². The quantitative estimate of drug-likeness (QED) is 0.730. The van der Waals surface area contributed by atoms with Crippen molar-refractivity contribution in [1.82, 2.24) is 4.90 Å². The highest BCUT2D eigenvalue weighted by atomic mass is 32.2. The second-order valence-corrected chi connectivity index (χ2v) is 8.53. The lowest BCUT2D eigenvalue weighted by molar-refractivity contribution is -0.129. The van der Waals surface area contributed by atoms with Crippen molar-refractivity contribution < 1.29 is 22.7 Å². The summed E-state index contributed by atoms with van der Waals surface area (Å²) >= 11 is 0. The summed E-state index contributed by atoms with van der Waals surface area (Å²) in [5.74, 6) is -0.545. The molecule has 1 saturated heterocycles. The first kappa shape index (κ1) is 19.1. The van der Waals surface area contributed by atoms with Crippen molar-refractivity contribution >= 4 is 21.8 Å². The number of amides is 2. The molecular weight excluding hydrogens is 366 g/mol. The second-order valence-electron chi connectivity index (χ2n) is 6.42. The molecule has 2 aromatic rings. The van der Waals surface area contributed by atoms with Gasteiger partial charge in [0, 0.05) is 6.42 Å². The number of carbonyl (C=O) groups excluding carboxylic acids is 2. The van der Waals surface area contributed by atoms with Crippen LogP contribution in [0.2, 0.25) is 0 Å². The molecule has 1 aliphatic rings. The van der Waals surface area contributed by atoms with Gasteiger partial charge in [-0.3, -0.25) is 4.79 Å². The molecule has 0 bridgehead atoms. The van der Waals surface area contributed by atoms with Crippen molar-refractivity contribution in [2.45, 2.75) is 30.2 Å². The maximum atomic E-state index is 12.5. The smallest absolute Gasteiger partial charge is 0.416 e. The van der Waals surface area contributed by atoms with E-state index in [0.717, 1.165) is 10.5 Å². The van der Waals surface area contributed by atoms with Crippen LogP contribution in [0.5, 0.6) is 0 Å². The molecule has 1 heterocycles. The van der Waals surface area contributed by atoms with Gasteiger partial charge in [0.05, 0.1) is 16.7 Å². The van der Waals surface area contributed by atoms with Crippen LogP contribution in [-0.2, 0) is 25.8 Å². The van der Waals surface area contributed by atoms with Crippen LogP contribution in [0.25, 0.3) is 0 Å². The number of sulfone groups is 1. The Hall–Kier alpha value is -2.67. The van der Waals surface area contributed by atoms with E-state index in [-0.39, 0.29) is 36.1 Å². The summed E-state index contributed by atoms with van der Waals surface area (Å²) in [6, 6.07) is 17.3. The van der Waals surface area contributed by atoms with Crippen LogP contribution in [0.1, 0.15) is 18.4 Å². The molecule has 7 heteroatoms. The Balaban J connectivity index is 1.58. The average molecular weight is 387 g/mol. The van der Waals surface area contributed by atoms with Gasteiger partial charge in [0.25, 0.3) is 0 Å². The fourth-order valence-electron chi connectivity index (χ4n) is 3.08. The molecular formula is C20H21NO5S. The van der Waals surface area contributed by atoms with E-state index in [0.29, 0.717) is 6.42 Å². The number of imide groups is 1. The number of cyclic esters (lactones) is 1. The molecule has 0 aromatic heterocycles. The number of hydrogen-bond donors (Lipinski definition) is 0. The summed E-state index contributed by atoms with van der Waals surface area (Å²) in [5.41, 5.74) is 1.00. The molecule has 3 rings (SSSR count). The molecule has 2 aromatic carbocycles. The lowest BCUT2D eigenvalue weighted by Gasteiger charge is -2.19. The van der Waals surface area contributed by atoms with Gasteiger partial charge in [0.1, 0.15) is 6.61 Å². The summed E-state index contributed by atoms with van der Waals surface area (Å²) in [4.78, 5) is 25.8. The molecule has 27 heavy (non-hydrogen) atoms. The topological polar surface area (TPSA) is 80.8 Å². The lowest BCUT2D eigenvalue weighted by atomic mass is 10.1. The Morgan fingerprint density at radius 1 is 1.04 bits per heavy atom. The average Bonchev–Trinajstić information content (AvgIpc) is 3.03. The molecule has 0 N–H and O–H groups in total. The van der Waals surface area contributed by atoms with Gasteiger partial charge in [0.15, 0.2) is 9.84 Å². The molecule has 142 valence electrons. The fraction of sp³-hybridized carbons (Fsp3) is 0.300. The van der Waals surface area contributed by atoms with Gasteiger partial charge in [-0.1, -0.05) is 48.5 Å². The second kappa shape index (κ2) is 8.35. The molecule has 0 aliphatic carbocycles. The highest BCUT2D eigenvalue weighted by molar-refractivity contribution is 7.91. The zero-order chi connectivity index (χ0) is 19.3. The Kier molecular flexibility index (Phi) is 5.91. The maximum absolute atomic E-state index is 12.5. The first-order chi connectivity index (χ1) is 13.0. The zero-order valence-corrected chi connectivity index (χ0v) is 15.6. The normalized spacial score (nSPS) is 17.0. The Morgan fingerprint density at radius 2 is 1.67 bits per heavy atom. The third kappa shape index (κ3) is 4.74.